The van der Waals surface area contributed by atoms with Gasteiger partial charge in [0, 0.05) is 48.9 Å². The maximum Gasteiger partial charge on any atom is 0.404 e. The van der Waals surface area contributed by atoms with Gasteiger partial charge in [-0.05, 0) is 30.0 Å². The lowest BCUT2D eigenvalue weighted by Crippen LogP contribution is -2.47. The summed E-state index contributed by atoms with van der Waals surface area (Å²) in [5.41, 5.74) is 8.47. The summed E-state index contributed by atoms with van der Waals surface area (Å²) in [6.45, 7) is 2.13. The molecule has 0 unspecified atom stereocenters. The summed E-state index contributed by atoms with van der Waals surface area (Å²) in [5, 5.41) is 20.3. The molecular weight excluding hydrogens is 574 g/mol. The highest BCUT2D eigenvalue weighted by Crippen LogP contribution is 2.30. The monoisotopic (exact) mass is 603 g/mol. The smallest absolute Gasteiger partial charge is 0.404 e. The van der Waals surface area contributed by atoms with Crippen molar-refractivity contribution >= 4 is 28.7 Å². The molecular formula is C30H30ClN7O5. The highest BCUT2D eigenvalue weighted by atomic mass is 35.5. The lowest BCUT2D eigenvalue weighted by atomic mass is 9.91. The first-order chi connectivity index (χ1) is 20.7. The van der Waals surface area contributed by atoms with Crippen molar-refractivity contribution in [3.05, 3.63) is 87.6 Å². The lowest BCUT2D eigenvalue weighted by molar-refractivity contribution is -0.0364. The number of carbonyl (C=O) groups is 1. The number of fused-ring (bicyclic) bond motifs is 1. The minimum absolute atomic E-state index is 0.0663. The Morgan fingerprint density at radius 1 is 1.12 bits per heavy atom. The van der Waals surface area contributed by atoms with E-state index in [0.29, 0.717) is 54.5 Å². The van der Waals surface area contributed by atoms with Crippen LogP contribution in [0.2, 0.25) is 5.02 Å². The average Bonchev–Trinajstić information content (AvgIpc) is 3.65. The van der Waals surface area contributed by atoms with Crippen LogP contribution in [0, 0.1) is 0 Å². The van der Waals surface area contributed by atoms with Crippen LogP contribution in [-0.4, -0.2) is 59.3 Å². The number of primary amides is 1. The molecule has 0 bridgehead atoms. The van der Waals surface area contributed by atoms with Gasteiger partial charge >= 0.3 is 6.09 Å². The first-order valence-corrected chi connectivity index (χ1v) is 14.1. The van der Waals surface area contributed by atoms with Crippen LogP contribution in [0.4, 0.5) is 4.79 Å². The molecule has 43 heavy (non-hydrogen) atoms. The minimum atomic E-state index is -1.06. The van der Waals surface area contributed by atoms with Gasteiger partial charge in [0.2, 0.25) is 0 Å². The van der Waals surface area contributed by atoms with E-state index in [1.165, 1.54) is 10.9 Å². The second kappa shape index (κ2) is 11.6. The highest BCUT2D eigenvalue weighted by Gasteiger charge is 2.33. The van der Waals surface area contributed by atoms with Crippen LogP contribution in [0.3, 0.4) is 0 Å². The van der Waals surface area contributed by atoms with Gasteiger partial charge in [-0.25, -0.2) is 9.78 Å². The van der Waals surface area contributed by atoms with Crippen LogP contribution in [0.25, 0.3) is 33.6 Å². The third-order valence-electron chi connectivity index (χ3n) is 7.84. The van der Waals surface area contributed by atoms with Gasteiger partial charge in [0.1, 0.15) is 12.1 Å². The molecule has 12 nitrogen and oxygen atoms in total. The number of hydrogen-bond donors (Lipinski definition) is 2. The number of aryl methyl sites for hydroxylation is 1. The van der Waals surface area contributed by atoms with E-state index >= 15 is 0 Å². The summed E-state index contributed by atoms with van der Waals surface area (Å²) < 4.78 is 13.1. The first-order valence-electron chi connectivity index (χ1n) is 13.8. The van der Waals surface area contributed by atoms with Crippen molar-refractivity contribution in [3.63, 3.8) is 0 Å². The lowest BCUT2D eigenvalue weighted by Gasteiger charge is -2.38. The van der Waals surface area contributed by atoms with Gasteiger partial charge in [0.15, 0.2) is 11.3 Å². The Morgan fingerprint density at radius 2 is 1.86 bits per heavy atom. The number of ether oxygens (including phenoxy) is 1. The van der Waals surface area contributed by atoms with Crippen LogP contribution in [0.5, 0.6) is 0 Å². The zero-order valence-corrected chi connectivity index (χ0v) is 24.2. The Morgan fingerprint density at radius 3 is 2.53 bits per heavy atom. The number of aromatic nitrogens is 5. The maximum atomic E-state index is 13.4. The number of carbonyl (C=O) groups excluding carboxylic acids is 1. The summed E-state index contributed by atoms with van der Waals surface area (Å²) in [7, 11) is 1.75. The van der Waals surface area contributed by atoms with Crippen molar-refractivity contribution in [2.45, 2.75) is 38.1 Å². The van der Waals surface area contributed by atoms with Crippen molar-refractivity contribution in [1.29, 1.82) is 0 Å². The second-order valence-corrected chi connectivity index (χ2v) is 11.2. The zero-order valence-electron chi connectivity index (χ0n) is 23.4. The number of piperidine rings is 1. The van der Waals surface area contributed by atoms with E-state index in [4.69, 9.17) is 26.6 Å². The molecule has 4 heterocycles. The molecule has 6 rings (SSSR count). The van der Waals surface area contributed by atoms with Gasteiger partial charge in [0.05, 0.1) is 30.4 Å². The normalized spacial score (nSPS) is 15.1. The zero-order chi connectivity index (χ0) is 30.1. The number of hydrogen-bond acceptors (Lipinski definition) is 9. The Hall–Kier alpha value is -4.52. The summed E-state index contributed by atoms with van der Waals surface area (Å²) >= 11 is 6.56. The van der Waals surface area contributed by atoms with Gasteiger partial charge < -0.3 is 20.1 Å². The number of amides is 1. The average molecular weight is 604 g/mol. The van der Waals surface area contributed by atoms with E-state index in [-0.39, 0.29) is 24.2 Å². The van der Waals surface area contributed by atoms with Crippen LogP contribution < -0.4 is 11.3 Å². The molecule has 0 saturated carbocycles. The third kappa shape index (κ3) is 6.03. The largest absolute Gasteiger partial charge is 0.445 e. The Labute approximate surface area is 251 Å². The quantitative estimate of drug-likeness (QED) is 0.270. The molecule has 3 aromatic heterocycles. The topological polar surface area (TPSA) is 155 Å². The van der Waals surface area contributed by atoms with Crippen molar-refractivity contribution < 1.29 is 19.2 Å². The summed E-state index contributed by atoms with van der Waals surface area (Å²) in [6, 6.07) is 14.9. The van der Waals surface area contributed by atoms with Gasteiger partial charge in [-0.2, -0.15) is 5.10 Å². The highest BCUT2D eigenvalue weighted by molar-refractivity contribution is 6.31. The number of likely N-dealkylation sites (tertiary alicyclic amines) is 1. The minimum Gasteiger partial charge on any atom is -0.445 e. The van der Waals surface area contributed by atoms with Crippen LogP contribution in [0.15, 0.2) is 70.4 Å². The molecule has 1 aliphatic heterocycles. The third-order valence-corrected chi connectivity index (χ3v) is 8.19. The Bertz CT molecular complexity index is 1820. The van der Waals surface area contributed by atoms with E-state index < -0.39 is 11.7 Å². The number of nitrogens with zero attached hydrogens (tertiary/aromatic N) is 6. The van der Waals surface area contributed by atoms with E-state index in [0.717, 1.165) is 22.3 Å². The standard InChI is InChI=1S/C30H30ClN7O5/c1-36-27(20-4-2-19(3-5-20)16-42-29(32)40)25-26(35-36)28(39)38(18-33-25)17-30(41)9-12-37(13-10-30)15-22-7-6-21(14-23(22)31)24-8-11-34-43-24/h2-8,11,14,18,41H,9-10,12-13,15-17H2,1H3,(H2,32,40). The SMILES string of the molecule is Cn1nc2c(=O)n(CC3(O)CCN(Cc4ccc(-c5ccno5)cc4Cl)CC3)cnc2c1-c1ccc(COC(N)=O)cc1. The fourth-order valence-electron chi connectivity index (χ4n) is 5.48. The van der Waals surface area contributed by atoms with Crippen molar-refractivity contribution in [3.8, 4) is 22.6 Å². The molecule has 2 aromatic carbocycles. The fraction of sp³-hybridized carbons (Fsp3) is 0.300. The molecule has 0 radical (unpaired) electrons. The molecule has 0 spiro atoms. The number of benzene rings is 2. The molecule has 222 valence electrons. The molecule has 1 fully saturated rings. The first kappa shape index (κ1) is 28.6. The Kier molecular flexibility index (Phi) is 7.74. The van der Waals surface area contributed by atoms with Crippen molar-refractivity contribution in [2.24, 2.45) is 12.8 Å². The summed E-state index contributed by atoms with van der Waals surface area (Å²) in [6.07, 6.45) is 3.21. The maximum absolute atomic E-state index is 13.4. The molecule has 13 heteroatoms. The van der Waals surface area contributed by atoms with Gasteiger partial charge in [0.25, 0.3) is 5.56 Å². The predicted molar refractivity (Wildman–Crippen MR) is 159 cm³/mol. The van der Waals surface area contributed by atoms with E-state index in [1.807, 2.05) is 42.5 Å². The molecule has 0 aliphatic carbocycles. The summed E-state index contributed by atoms with van der Waals surface area (Å²) in [4.78, 5) is 31.1. The van der Waals surface area contributed by atoms with Gasteiger partial charge in [-0.3, -0.25) is 18.9 Å². The van der Waals surface area contributed by atoms with Crippen LogP contribution >= 0.6 is 11.6 Å². The van der Waals surface area contributed by atoms with Gasteiger partial charge in [-0.1, -0.05) is 53.2 Å². The Balaban J connectivity index is 1.13. The predicted octanol–water partition coefficient (Wildman–Crippen LogP) is 3.73. The van der Waals surface area contributed by atoms with E-state index in [1.54, 1.807) is 24.0 Å². The molecule has 3 N–H and O–H groups in total. The number of halogens is 1. The van der Waals surface area contributed by atoms with Crippen LogP contribution in [-0.2, 0) is 31.5 Å². The molecule has 5 aromatic rings. The molecule has 1 amide bonds. The molecule has 0 atom stereocenters. The van der Waals surface area contributed by atoms with E-state index in [9.17, 15) is 14.7 Å². The summed E-state index contributed by atoms with van der Waals surface area (Å²) in [5.74, 6) is 0.657. The van der Waals surface area contributed by atoms with E-state index in [2.05, 4.69) is 20.1 Å². The van der Waals surface area contributed by atoms with Crippen molar-refractivity contribution in [2.75, 3.05) is 13.1 Å². The number of nitrogens with two attached hydrogens (primary N) is 1. The fourth-order valence-corrected chi connectivity index (χ4v) is 5.72. The van der Waals surface area contributed by atoms with Gasteiger partial charge in [-0.15, -0.1) is 0 Å². The molecule has 1 saturated heterocycles. The second-order valence-electron chi connectivity index (χ2n) is 10.8. The number of aliphatic hydroxyl groups is 1. The van der Waals surface area contributed by atoms with Crippen LogP contribution in [0.1, 0.15) is 24.0 Å². The van der Waals surface area contributed by atoms with Crippen molar-refractivity contribution in [1.82, 2.24) is 29.4 Å². The number of rotatable bonds is 8. The molecule has 1 aliphatic rings.